The second-order valence-corrected chi connectivity index (χ2v) is 6.41. The Labute approximate surface area is 166 Å². The molecule has 0 aromatic carbocycles. The van der Waals surface area contributed by atoms with Crippen LogP contribution in [0.15, 0.2) is 12.2 Å². The normalized spacial score (nSPS) is 10.8. The fourth-order valence-corrected chi connectivity index (χ4v) is 2.69. The van der Waals surface area contributed by atoms with Crippen LogP contribution in [0.3, 0.4) is 0 Å². The van der Waals surface area contributed by atoms with Crippen molar-refractivity contribution >= 4 is 5.97 Å². The molecule has 0 rings (SSSR count). The second-order valence-electron chi connectivity index (χ2n) is 6.41. The number of allylic oxidation sites excluding steroid dienone is 2. The summed E-state index contributed by atoms with van der Waals surface area (Å²) < 4.78 is 0. The summed E-state index contributed by atoms with van der Waals surface area (Å²) in [5.41, 5.74) is 0. The molecule has 0 N–H and O–H groups in total. The number of unbranched alkanes of at least 4 members (excludes halogenated alkanes) is 13. The first-order valence-corrected chi connectivity index (χ1v) is 9.62. The molecule has 0 amide bonds. The van der Waals surface area contributed by atoms with Gasteiger partial charge in [-0.25, -0.2) is 0 Å². The summed E-state index contributed by atoms with van der Waals surface area (Å²) in [6.07, 6.45) is 23.8. The Morgan fingerprint density at radius 2 is 1.09 bits per heavy atom. The summed E-state index contributed by atoms with van der Waals surface area (Å²) in [7, 11) is 0. The summed E-state index contributed by atoms with van der Waals surface area (Å²) in [6, 6.07) is 0. The first kappa shape index (κ1) is 25.5. The summed E-state index contributed by atoms with van der Waals surface area (Å²) in [5.74, 6) is -0.909. The third kappa shape index (κ3) is 24.6. The minimum absolute atomic E-state index is 0. The number of hydrogen-bond acceptors (Lipinski definition) is 2. The number of carboxylic acid groups (broad SMARTS) is 1. The summed E-state index contributed by atoms with van der Waals surface area (Å²) in [6.45, 7) is 2.26. The predicted octanol–water partition coefficient (Wildman–Crippen LogP) is 2.56. The van der Waals surface area contributed by atoms with Crippen LogP contribution in [0.4, 0.5) is 0 Å². The molecule has 0 unspecified atom stereocenters. The third-order valence-corrected chi connectivity index (χ3v) is 4.14. The van der Waals surface area contributed by atoms with Crippen molar-refractivity contribution in [1.82, 2.24) is 0 Å². The van der Waals surface area contributed by atoms with Crippen LogP contribution in [0.2, 0.25) is 0 Å². The molecule has 0 radical (unpaired) electrons. The summed E-state index contributed by atoms with van der Waals surface area (Å²) in [5, 5.41) is 10.2. The molecule has 0 saturated carbocycles. The Morgan fingerprint density at radius 3 is 1.52 bits per heavy atom. The van der Waals surface area contributed by atoms with E-state index in [2.05, 4.69) is 19.1 Å². The standard InChI is InChI=1S/C20H38O2.Na/c1-2-3-4-5-6-7-8-9-10-11-12-13-14-15-16-17-18-19-20(21)22;/h9-10H,2-8,11-19H2,1H3,(H,21,22);/q;+1/p-1/b10-9+;. The second kappa shape index (κ2) is 22.2. The molecule has 23 heavy (non-hydrogen) atoms. The Balaban J connectivity index is 0. The number of aliphatic carboxylic acids is 1. The fourth-order valence-electron chi connectivity index (χ4n) is 2.69. The molecule has 0 aliphatic heterocycles. The first-order chi connectivity index (χ1) is 10.8. The van der Waals surface area contributed by atoms with Crippen LogP contribution in [-0.2, 0) is 4.79 Å². The molecule has 0 aliphatic rings. The first-order valence-electron chi connectivity index (χ1n) is 9.62. The summed E-state index contributed by atoms with van der Waals surface area (Å²) in [4.78, 5) is 10.2. The molecule has 0 aromatic heterocycles. The average molecular weight is 333 g/mol. The molecule has 0 saturated heterocycles. The van der Waals surface area contributed by atoms with Gasteiger partial charge in [-0.3, -0.25) is 0 Å². The number of carboxylic acids is 1. The van der Waals surface area contributed by atoms with E-state index in [0.717, 1.165) is 12.8 Å². The van der Waals surface area contributed by atoms with Crippen LogP contribution in [-0.4, -0.2) is 5.97 Å². The monoisotopic (exact) mass is 332 g/mol. The van der Waals surface area contributed by atoms with Crippen molar-refractivity contribution in [1.29, 1.82) is 0 Å². The number of carbonyl (C=O) groups is 1. The molecule has 0 aromatic rings. The van der Waals surface area contributed by atoms with Crippen molar-refractivity contribution in [2.24, 2.45) is 0 Å². The van der Waals surface area contributed by atoms with Gasteiger partial charge in [-0.05, 0) is 38.5 Å². The average Bonchev–Trinajstić information content (AvgIpc) is 2.50. The fraction of sp³-hybridized carbons (Fsp3) is 0.850. The van der Waals surface area contributed by atoms with Crippen LogP contribution < -0.4 is 34.7 Å². The van der Waals surface area contributed by atoms with Crippen molar-refractivity contribution in [2.75, 3.05) is 0 Å². The van der Waals surface area contributed by atoms with E-state index in [4.69, 9.17) is 0 Å². The maximum absolute atomic E-state index is 10.2. The van der Waals surface area contributed by atoms with E-state index in [9.17, 15) is 9.90 Å². The van der Waals surface area contributed by atoms with E-state index in [1.807, 2.05) is 0 Å². The van der Waals surface area contributed by atoms with Crippen molar-refractivity contribution in [3.63, 3.8) is 0 Å². The molecule has 0 bridgehead atoms. The largest absolute Gasteiger partial charge is 1.00 e. The van der Waals surface area contributed by atoms with E-state index in [1.165, 1.54) is 83.5 Å². The van der Waals surface area contributed by atoms with E-state index >= 15 is 0 Å². The van der Waals surface area contributed by atoms with Crippen molar-refractivity contribution < 1.29 is 39.5 Å². The number of rotatable bonds is 17. The van der Waals surface area contributed by atoms with Gasteiger partial charge in [0.25, 0.3) is 0 Å². The van der Waals surface area contributed by atoms with Gasteiger partial charge in [0.05, 0.1) is 0 Å². The van der Waals surface area contributed by atoms with Gasteiger partial charge in [-0.1, -0.05) is 83.3 Å². The molecule has 0 atom stereocenters. The van der Waals surface area contributed by atoms with Crippen LogP contribution in [0.1, 0.15) is 110 Å². The molecular weight excluding hydrogens is 295 g/mol. The van der Waals surface area contributed by atoms with Crippen molar-refractivity contribution in [2.45, 2.75) is 110 Å². The quantitative estimate of drug-likeness (QED) is 0.233. The maximum Gasteiger partial charge on any atom is 1.00 e. The molecule has 2 nitrogen and oxygen atoms in total. The smallest absolute Gasteiger partial charge is 0.550 e. The Morgan fingerprint density at radius 1 is 0.696 bits per heavy atom. The Hall–Kier alpha value is 0.210. The maximum atomic E-state index is 10.2. The van der Waals surface area contributed by atoms with Gasteiger partial charge < -0.3 is 9.90 Å². The van der Waals surface area contributed by atoms with Gasteiger partial charge in [-0.2, -0.15) is 0 Å². The van der Waals surface area contributed by atoms with Gasteiger partial charge in [0.15, 0.2) is 0 Å². The Kier molecular flexibility index (Phi) is 24.6. The Bertz CT molecular complexity index is 264. The van der Waals surface area contributed by atoms with Crippen molar-refractivity contribution in [3.8, 4) is 0 Å². The molecule has 0 heterocycles. The minimum Gasteiger partial charge on any atom is -0.550 e. The van der Waals surface area contributed by atoms with E-state index < -0.39 is 5.97 Å². The zero-order valence-electron chi connectivity index (χ0n) is 15.8. The van der Waals surface area contributed by atoms with E-state index in [-0.39, 0.29) is 36.0 Å². The van der Waals surface area contributed by atoms with Crippen LogP contribution in [0.25, 0.3) is 0 Å². The van der Waals surface area contributed by atoms with Gasteiger partial charge >= 0.3 is 29.6 Å². The SMILES string of the molecule is CCCCCCCC/C=C/CCCCCCCCCC(=O)[O-].[Na+]. The number of carbonyl (C=O) groups excluding carboxylic acids is 1. The van der Waals surface area contributed by atoms with Crippen LogP contribution >= 0.6 is 0 Å². The van der Waals surface area contributed by atoms with E-state index in [1.54, 1.807) is 0 Å². The molecular formula is C20H37NaO2. The zero-order valence-corrected chi connectivity index (χ0v) is 17.8. The molecule has 0 spiro atoms. The van der Waals surface area contributed by atoms with Gasteiger partial charge in [0, 0.05) is 5.97 Å². The molecule has 0 aliphatic carbocycles. The topological polar surface area (TPSA) is 40.1 Å². The van der Waals surface area contributed by atoms with Gasteiger partial charge in [-0.15, -0.1) is 0 Å². The molecule has 0 fully saturated rings. The van der Waals surface area contributed by atoms with E-state index in [0.29, 0.717) is 0 Å². The zero-order chi connectivity index (χ0) is 16.3. The summed E-state index contributed by atoms with van der Waals surface area (Å²) >= 11 is 0. The predicted molar refractivity (Wildman–Crippen MR) is 93.7 cm³/mol. The number of hydrogen-bond donors (Lipinski definition) is 0. The van der Waals surface area contributed by atoms with Gasteiger partial charge in [0.1, 0.15) is 0 Å². The molecule has 130 valence electrons. The van der Waals surface area contributed by atoms with Gasteiger partial charge in [0.2, 0.25) is 0 Å². The van der Waals surface area contributed by atoms with Crippen LogP contribution in [0, 0.1) is 0 Å². The third-order valence-electron chi connectivity index (χ3n) is 4.14. The van der Waals surface area contributed by atoms with Crippen LogP contribution in [0.5, 0.6) is 0 Å². The molecule has 3 heteroatoms. The minimum atomic E-state index is -0.909. The van der Waals surface area contributed by atoms with Crippen molar-refractivity contribution in [3.05, 3.63) is 12.2 Å².